The molecule has 0 aliphatic rings. The Morgan fingerprint density at radius 1 is 1.00 bits per heavy atom. The minimum Gasteiger partial charge on any atom is -0.278 e. The van der Waals surface area contributed by atoms with Gasteiger partial charge in [0.1, 0.15) is 0 Å². The molecule has 16 heavy (non-hydrogen) atoms. The van der Waals surface area contributed by atoms with Gasteiger partial charge < -0.3 is 0 Å². The van der Waals surface area contributed by atoms with Crippen molar-refractivity contribution < 1.29 is 0 Å². The largest absolute Gasteiger partial charge is 0.278 e. The Morgan fingerprint density at radius 2 is 1.81 bits per heavy atom. The monoisotopic (exact) mass is 226 g/mol. The van der Waals surface area contributed by atoms with Gasteiger partial charge in [0.15, 0.2) is 0 Å². The van der Waals surface area contributed by atoms with Crippen molar-refractivity contribution in [2.75, 3.05) is 0 Å². The molecule has 0 unspecified atom stereocenters. The van der Waals surface area contributed by atoms with Crippen molar-refractivity contribution in [2.45, 2.75) is 6.92 Å². The molecule has 1 aromatic heterocycles. The van der Waals surface area contributed by atoms with Crippen LogP contribution in [0.3, 0.4) is 0 Å². The number of hydrogen-bond donors (Lipinski definition) is 0. The van der Waals surface area contributed by atoms with Gasteiger partial charge in [-0.05, 0) is 34.7 Å². The Hall–Kier alpha value is -1.67. The predicted molar refractivity (Wildman–Crippen MR) is 70.3 cm³/mol. The van der Waals surface area contributed by atoms with Crippen LogP contribution in [0.5, 0.6) is 0 Å². The highest BCUT2D eigenvalue weighted by Gasteiger charge is 2.03. The van der Waals surface area contributed by atoms with Crippen LogP contribution in [0.2, 0.25) is 0 Å². The molecule has 0 saturated heterocycles. The summed E-state index contributed by atoms with van der Waals surface area (Å²) in [5.74, 6) is 0. The van der Waals surface area contributed by atoms with Crippen molar-refractivity contribution in [1.29, 1.82) is 0 Å². The van der Waals surface area contributed by atoms with E-state index in [9.17, 15) is 4.79 Å². The van der Waals surface area contributed by atoms with Crippen LogP contribution in [0.4, 0.5) is 0 Å². The van der Waals surface area contributed by atoms with Crippen molar-refractivity contribution in [3.8, 4) is 0 Å². The van der Waals surface area contributed by atoms with Crippen LogP contribution in [0.15, 0.2) is 47.3 Å². The molecule has 0 spiro atoms. The molecule has 78 valence electrons. The van der Waals surface area contributed by atoms with E-state index in [4.69, 9.17) is 0 Å². The van der Waals surface area contributed by atoms with Crippen LogP contribution in [0.25, 0.3) is 20.9 Å². The van der Waals surface area contributed by atoms with Crippen molar-refractivity contribution in [3.05, 3.63) is 57.6 Å². The molecule has 3 aromatic rings. The molecule has 2 aromatic carbocycles. The summed E-state index contributed by atoms with van der Waals surface area (Å²) < 4.78 is 1.23. The zero-order valence-electron chi connectivity index (χ0n) is 8.86. The van der Waals surface area contributed by atoms with Gasteiger partial charge in [-0.2, -0.15) is 0 Å². The highest BCUT2D eigenvalue weighted by Crippen LogP contribution is 2.28. The lowest BCUT2D eigenvalue weighted by Gasteiger charge is -2.04. The molecule has 0 amide bonds. The fourth-order valence-corrected chi connectivity index (χ4v) is 3.12. The minimum atomic E-state index is 0.126. The van der Waals surface area contributed by atoms with Gasteiger partial charge in [-0.15, -0.1) is 0 Å². The standard InChI is InChI=1S/C14H10OS/c1-9-8-13(15)16-14-11(9)7-6-10-4-2-3-5-12(10)14/h2-8H,1H3. The fourth-order valence-electron chi connectivity index (χ4n) is 2.05. The zero-order chi connectivity index (χ0) is 11.1. The van der Waals surface area contributed by atoms with Crippen LogP contribution in [-0.4, -0.2) is 0 Å². The van der Waals surface area contributed by atoms with Crippen molar-refractivity contribution in [1.82, 2.24) is 0 Å². The number of benzene rings is 2. The molecule has 0 bridgehead atoms. The highest BCUT2D eigenvalue weighted by atomic mass is 32.1. The van der Waals surface area contributed by atoms with Crippen LogP contribution in [0.1, 0.15) is 5.56 Å². The Kier molecular flexibility index (Phi) is 2.04. The van der Waals surface area contributed by atoms with Gasteiger partial charge in [0, 0.05) is 4.70 Å². The molecule has 0 aliphatic carbocycles. The van der Waals surface area contributed by atoms with E-state index >= 15 is 0 Å². The third kappa shape index (κ3) is 1.34. The van der Waals surface area contributed by atoms with Gasteiger partial charge in [0.2, 0.25) is 4.74 Å². The molecule has 2 heteroatoms. The molecule has 0 N–H and O–H groups in total. The van der Waals surface area contributed by atoms with E-state index in [2.05, 4.69) is 24.3 Å². The molecule has 1 nitrogen and oxygen atoms in total. The summed E-state index contributed by atoms with van der Waals surface area (Å²) in [6.07, 6.45) is 0. The smallest absolute Gasteiger partial charge is 0.233 e. The van der Waals surface area contributed by atoms with Crippen molar-refractivity contribution in [3.63, 3.8) is 0 Å². The maximum Gasteiger partial charge on any atom is 0.233 e. The Balaban J connectivity index is 2.65. The molecule has 0 fully saturated rings. The first-order chi connectivity index (χ1) is 7.75. The van der Waals surface area contributed by atoms with Gasteiger partial charge in [0.25, 0.3) is 0 Å². The van der Waals surface area contributed by atoms with E-state index in [1.54, 1.807) is 6.07 Å². The first-order valence-electron chi connectivity index (χ1n) is 5.18. The Labute approximate surface area is 97.0 Å². The van der Waals surface area contributed by atoms with Crippen LogP contribution in [0, 0.1) is 6.92 Å². The lowest BCUT2D eigenvalue weighted by Crippen LogP contribution is -1.93. The quantitative estimate of drug-likeness (QED) is 0.534. The topological polar surface area (TPSA) is 17.1 Å². The molecule has 1 heterocycles. The molecule has 0 saturated carbocycles. The van der Waals surface area contributed by atoms with E-state index in [-0.39, 0.29) is 4.74 Å². The Morgan fingerprint density at radius 3 is 2.69 bits per heavy atom. The lowest BCUT2D eigenvalue weighted by molar-refractivity contribution is 1.54. The first kappa shape index (κ1) is 9.55. The molecule has 0 atom stereocenters. The molecular formula is C14H10OS. The molecular weight excluding hydrogens is 216 g/mol. The average Bonchev–Trinajstić information content (AvgIpc) is 2.28. The van der Waals surface area contributed by atoms with Gasteiger partial charge >= 0.3 is 0 Å². The van der Waals surface area contributed by atoms with Gasteiger partial charge in [-0.1, -0.05) is 47.7 Å². The van der Waals surface area contributed by atoms with E-state index in [0.29, 0.717) is 0 Å². The minimum absolute atomic E-state index is 0.126. The number of aryl methyl sites for hydroxylation is 1. The molecule has 0 aliphatic heterocycles. The van der Waals surface area contributed by atoms with Crippen LogP contribution >= 0.6 is 11.3 Å². The van der Waals surface area contributed by atoms with Gasteiger partial charge in [-0.25, -0.2) is 0 Å². The van der Waals surface area contributed by atoms with E-state index in [1.165, 1.54) is 27.5 Å². The van der Waals surface area contributed by atoms with Crippen LogP contribution in [-0.2, 0) is 0 Å². The lowest BCUT2D eigenvalue weighted by atomic mass is 10.1. The zero-order valence-corrected chi connectivity index (χ0v) is 9.67. The second kappa shape index (κ2) is 3.42. The van der Waals surface area contributed by atoms with E-state index in [1.807, 2.05) is 19.1 Å². The maximum atomic E-state index is 11.6. The average molecular weight is 226 g/mol. The predicted octanol–water partition coefficient (Wildman–Crippen LogP) is 3.72. The van der Waals surface area contributed by atoms with Crippen molar-refractivity contribution in [2.24, 2.45) is 0 Å². The van der Waals surface area contributed by atoms with Crippen molar-refractivity contribution >= 4 is 32.2 Å². The number of hydrogen-bond acceptors (Lipinski definition) is 2. The SMILES string of the molecule is Cc1cc(=O)sc2c1ccc1ccccc12. The highest BCUT2D eigenvalue weighted by molar-refractivity contribution is 7.17. The second-order valence-electron chi connectivity index (χ2n) is 3.91. The summed E-state index contributed by atoms with van der Waals surface area (Å²) in [4.78, 5) is 11.6. The summed E-state index contributed by atoms with van der Waals surface area (Å²) in [5.41, 5.74) is 1.06. The summed E-state index contributed by atoms with van der Waals surface area (Å²) >= 11 is 1.33. The normalized spacial score (nSPS) is 11.1. The van der Waals surface area contributed by atoms with E-state index < -0.39 is 0 Å². The van der Waals surface area contributed by atoms with Gasteiger partial charge in [0.05, 0.1) is 0 Å². The number of rotatable bonds is 0. The summed E-state index contributed by atoms with van der Waals surface area (Å²) in [7, 11) is 0. The summed E-state index contributed by atoms with van der Waals surface area (Å²) in [6, 6.07) is 14.1. The van der Waals surface area contributed by atoms with Crippen LogP contribution < -0.4 is 4.74 Å². The third-order valence-corrected chi connectivity index (χ3v) is 3.80. The molecule has 3 rings (SSSR count). The second-order valence-corrected chi connectivity index (χ2v) is 4.93. The fraction of sp³-hybridized carbons (Fsp3) is 0.0714. The van der Waals surface area contributed by atoms with E-state index in [0.717, 1.165) is 10.3 Å². The Bertz CT molecular complexity index is 740. The summed E-state index contributed by atoms with van der Waals surface area (Å²) in [6.45, 7) is 1.99. The number of fused-ring (bicyclic) bond motifs is 3. The first-order valence-corrected chi connectivity index (χ1v) is 5.99. The molecule has 0 radical (unpaired) electrons. The summed E-state index contributed by atoms with van der Waals surface area (Å²) in [5, 5.41) is 3.55. The maximum absolute atomic E-state index is 11.6. The third-order valence-electron chi connectivity index (χ3n) is 2.84. The van der Waals surface area contributed by atoms with Gasteiger partial charge in [-0.3, -0.25) is 4.79 Å².